The predicted octanol–water partition coefficient (Wildman–Crippen LogP) is 3.94. The van der Waals surface area contributed by atoms with Crippen LogP contribution in [-0.2, 0) is 9.53 Å². The maximum absolute atomic E-state index is 13.5. The molecule has 0 aliphatic rings. The van der Waals surface area contributed by atoms with Crippen LogP contribution in [0.25, 0.3) is 0 Å². The van der Waals surface area contributed by atoms with E-state index in [1.807, 2.05) is 13.8 Å². The van der Waals surface area contributed by atoms with Crippen molar-refractivity contribution in [1.82, 2.24) is 0 Å². The van der Waals surface area contributed by atoms with Crippen LogP contribution < -0.4 is 10.1 Å². The van der Waals surface area contributed by atoms with Gasteiger partial charge in [0.25, 0.3) is 5.91 Å². The Bertz CT molecular complexity index is 791. The number of carbonyl (C=O) groups excluding carboxylic acids is 2. The summed E-state index contributed by atoms with van der Waals surface area (Å²) in [5.74, 6) is -2.39. The zero-order chi connectivity index (χ0) is 19.3. The highest BCUT2D eigenvalue weighted by molar-refractivity contribution is 5.97. The Kier molecular flexibility index (Phi) is 6.27. The van der Waals surface area contributed by atoms with E-state index in [4.69, 9.17) is 9.47 Å². The zero-order valence-electron chi connectivity index (χ0n) is 14.6. The van der Waals surface area contributed by atoms with E-state index in [1.54, 1.807) is 12.1 Å². The quantitative estimate of drug-likeness (QED) is 0.790. The van der Waals surface area contributed by atoms with Crippen LogP contribution in [0.1, 0.15) is 31.1 Å². The van der Waals surface area contributed by atoms with Crippen molar-refractivity contribution in [1.29, 1.82) is 0 Å². The van der Waals surface area contributed by atoms with E-state index in [-0.39, 0.29) is 17.4 Å². The maximum Gasteiger partial charge on any atom is 0.338 e. The number of nitrogens with one attached hydrogen (secondary N) is 1. The van der Waals surface area contributed by atoms with Crippen LogP contribution in [0.3, 0.4) is 0 Å². The van der Waals surface area contributed by atoms with E-state index in [0.29, 0.717) is 5.75 Å². The van der Waals surface area contributed by atoms with Crippen LogP contribution in [0, 0.1) is 11.6 Å². The van der Waals surface area contributed by atoms with E-state index >= 15 is 0 Å². The average molecular weight is 363 g/mol. The van der Waals surface area contributed by atoms with Crippen LogP contribution in [0.4, 0.5) is 14.5 Å². The largest absolute Gasteiger partial charge is 0.491 e. The number of hydrogen-bond donors (Lipinski definition) is 1. The number of ether oxygens (including phenoxy) is 2. The molecular formula is C19H19F2NO4. The van der Waals surface area contributed by atoms with Crippen LogP contribution in [-0.4, -0.2) is 24.1 Å². The summed E-state index contributed by atoms with van der Waals surface area (Å²) < 4.78 is 37.2. The van der Waals surface area contributed by atoms with E-state index in [9.17, 15) is 18.4 Å². The molecule has 138 valence electrons. The van der Waals surface area contributed by atoms with Crippen molar-refractivity contribution in [2.24, 2.45) is 0 Å². The van der Waals surface area contributed by atoms with Gasteiger partial charge in [0.2, 0.25) is 0 Å². The monoisotopic (exact) mass is 363 g/mol. The summed E-state index contributed by atoms with van der Waals surface area (Å²) in [5.41, 5.74) is -0.0919. The molecule has 2 rings (SSSR count). The van der Waals surface area contributed by atoms with E-state index < -0.39 is 29.6 Å². The number of carbonyl (C=O) groups is 2. The van der Waals surface area contributed by atoms with Crippen molar-refractivity contribution in [3.05, 3.63) is 59.7 Å². The van der Waals surface area contributed by atoms with Crippen LogP contribution >= 0.6 is 0 Å². The first-order chi connectivity index (χ1) is 12.3. The number of esters is 1. The Morgan fingerprint density at radius 1 is 1.00 bits per heavy atom. The molecule has 0 bridgehead atoms. The van der Waals surface area contributed by atoms with Gasteiger partial charge >= 0.3 is 5.97 Å². The van der Waals surface area contributed by atoms with Crippen LogP contribution in [0.2, 0.25) is 0 Å². The van der Waals surface area contributed by atoms with Crippen molar-refractivity contribution in [3.63, 3.8) is 0 Å². The lowest BCUT2D eigenvalue weighted by atomic mass is 10.2. The number of anilines is 1. The summed E-state index contributed by atoms with van der Waals surface area (Å²) in [7, 11) is 0. The predicted molar refractivity (Wildman–Crippen MR) is 92.1 cm³/mol. The van der Waals surface area contributed by atoms with Gasteiger partial charge in [0.05, 0.1) is 17.4 Å². The molecule has 0 aromatic heterocycles. The van der Waals surface area contributed by atoms with Crippen molar-refractivity contribution >= 4 is 17.6 Å². The third-order valence-electron chi connectivity index (χ3n) is 3.30. The van der Waals surface area contributed by atoms with Gasteiger partial charge in [-0.2, -0.15) is 0 Å². The molecule has 0 unspecified atom stereocenters. The molecule has 1 atom stereocenters. The Balaban J connectivity index is 1.97. The van der Waals surface area contributed by atoms with Crippen LogP contribution in [0.5, 0.6) is 5.75 Å². The molecule has 0 heterocycles. The first-order valence-corrected chi connectivity index (χ1v) is 8.00. The highest BCUT2D eigenvalue weighted by Gasteiger charge is 2.20. The fourth-order valence-electron chi connectivity index (χ4n) is 2.05. The molecule has 1 amide bonds. The second kappa shape index (κ2) is 8.42. The van der Waals surface area contributed by atoms with Gasteiger partial charge in [0.1, 0.15) is 17.4 Å². The van der Waals surface area contributed by atoms with Crippen molar-refractivity contribution in [2.45, 2.75) is 33.0 Å². The Morgan fingerprint density at radius 2 is 1.65 bits per heavy atom. The normalized spacial score (nSPS) is 11.8. The lowest BCUT2D eigenvalue weighted by Gasteiger charge is -2.14. The minimum atomic E-state index is -1.20. The SMILES string of the molecule is CC(C)Oc1ccc(C(=O)O[C@@H](C)C(=O)Nc2cc(F)ccc2F)cc1. The molecule has 0 fully saturated rings. The van der Waals surface area contributed by atoms with Crippen molar-refractivity contribution in [2.75, 3.05) is 5.32 Å². The average Bonchev–Trinajstić information content (AvgIpc) is 2.58. The van der Waals surface area contributed by atoms with Gasteiger partial charge in [0, 0.05) is 6.07 Å². The van der Waals surface area contributed by atoms with E-state index in [0.717, 1.165) is 18.2 Å². The minimum Gasteiger partial charge on any atom is -0.491 e. The minimum absolute atomic E-state index is 0.000242. The molecule has 26 heavy (non-hydrogen) atoms. The van der Waals surface area contributed by atoms with Gasteiger partial charge in [-0.25, -0.2) is 13.6 Å². The number of halogens is 2. The third kappa shape index (κ3) is 5.27. The summed E-state index contributed by atoms with van der Waals surface area (Å²) in [4.78, 5) is 24.1. The van der Waals surface area contributed by atoms with E-state index in [2.05, 4.69) is 5.32 Å². The third-order valence-corrected chi connectivity index (χ3v) is 3.30. The zero-order valence-corrected chi connectivity index (χ0v) is 14.6. The molecule has 7 heteroatoms. The topological polar surface area (TPSA) is 64.6 Å². The van der Waals surface area contributed by atoms with Gasteiger partial charge in [0.15, 0.2) is 6.10 Å². The Hall–Kier alpha value is -2.96. The molecule has 0 radical (unpaired) electrons. The number of hydrogen-bond acceptors (Lipinski definition) is 4. The molecule has 2 aromatic rings. The summed E-state index contributed by atoms with van der Waals surface area (Å²) >= 11 is 0. The fourth-order valence-corrected chi connectivity index (χ4v) is 2.05. The smallest absolute Gasteiger partial charge is 0.338 e. The highest BCUT2D eigenvalue weighted by Crippen LogP contribution is 2.17. The van der Waals surface area contributed by atoms with Gasteiger partial charge in [-0.15, -0.1) is 0 Å². The van der Waals surface area contributed by atoms with Gasteiger partial charge in [-0.1, -0.05) is 0 Å². The summed E-state index contributed by atoms with van der Waals surface area (Å²) in [6.45, 7) is 5.09. The second-order valence-corrected chi connectivity index (χ2v) is 5.85. The molecule has 2 aromatic carbocycles. The number of rotatable bonds is 6. The lowest BCUT2D eigenvalue weighted by molar-refractivity contribution is -0.123. The number of benzene rings is 2. The molecule has 0 saturated carbocycles. The Morgan fingerprint density at radius 3 is 2.27 bits per heavy atom. The first-order valence-electron chi connectivity index (χ1n) is 8.00. The number of amides is 1. The molecule has 0 aliphatic carbocycles. The fraction of sp³-hybridized carbons (Fsp3) is 0.263. The van der Waals surface area contributed by atoms with Gasteiger partial charge in [-0.05, 0) is 57.2 Å². The standard InChI is InChI=1S/C19H19F2NO4/c1-11(2)25-15-7-4-13(5-8-15)19(24)26-12(3)18(23)22-17-10-14(20)6-9-16(17)21/h4-12H,1-3H3,(H,22,23)/t12-/m0/s1. The molecule has 0 aliphatic heterocycles. The summed E-state index contributed by atoms with van der Waals surface area (Å²) in [6.07, 6.45) is -1.20. The first kappa shape index (κ1) is 19.4. The van der Waals surface area contributed by atoms with Gasteiger partial charge in [-0.3, -0.25) is 4.79 Å². The van der Waals surface area contributed by atoms with E-state index in [1.165, 1.54) is 19.1 Å². The highest BCUT2D eigenvalue weighted by atomic mass is 19.1. The molecule has 0 spiro atoms. The Labute approximate surface area is 149 Å². The molecule has 0 saturated heterocycles. The van der Waals surface area contributed by atoms with Crippen molar-refractivity contribution < 1.29 is 27.8 Å². The lowest BCUT2D eigenvalue weighted by Crippen LogP contribution is -2.30. The second-order valence-electron chi connectivity index (χ2n) is 5.85. The molecular weight excluding hydrogens is 344 g/mol. The van der Waals surface area contributed by atoms with Gasteiger partial charge < -0.3 is 14.8 Å². The van der Waals surface area contributed by atoms with Crippen molar-refractivity contribution in [3.8, 4) is 5.75 Å². The molecule has 5 nitrogen and oxygen atoms in total. The molecule has 1 N–H and O–H groups in total. The van der Waals surface area contributed by atoms with Crippen LogP contribution in [0.15, 0.2) is 42.5 Å². The maximum atomic E-state index is 13.5. The summed E-state index contributed by atoms with van der Waals surface area (Å²) in [5, 5.41) is 2.19. The summed E-state index contributed by atoms with van der Waals surface area (Å²) in [6, 6.07) is 8.92.